The maximum atomic E-state index is 13.7. The molecular weight excluding hydrogens is 485 g/mol. The van der Waals surface area contributed by atoms with Crippen LogP contribution in [0.5, 0.6) is 5.75 Å². The van der Waals surface area contributed by atoms with Crippen molar-refractivity contribution in [3.63, 3.8) is 0 Å². The van der Waals surface area contributed by atoms with Gasteiger partial charge in [-0.2, -0.15) is 13.2 Å². The van der Waals surface area contributed by atoms with Gasteiger partial charge in [0, 0.05) is 11.5 Å². The third-order valence-corrected chi connectivity index (χ3v) is 7.27. The molecule has 36 heavy (non-hydrogen) atoms. The maximum Gasteiger partial charge on any atom is 0.416 e. The summed E-state index contributed by atoms with van der Waals surface area (Å²) in [6.07, 6.45) is -5.33. The first kappa shape index (κ1) is 25.5. The summed E-state index contributed by atoms with van der Waals surface area (Å²) in [7, 11) is 2.88. The van der Waals surface area contributed by atoms with Gasteiger partial charge in [0.2, 0.25) is 5.78 Å². The molecule has 0 saturated heterocycles. The number of carbonyl (C=O) groups is 3. The number of alkyl halides is 3. The van der Waals surface area contributed by atoms with Gasteiger partial charge in [-0.3, -0.25) is 19.3 Å². The van der Waals surface area contributed by atoms with Crippen LogP contribution in [0, 0.1) is 11.8 Å². The highest BCUT2D eigenvalue weighted by Crippen LogP contribution is 2.53. The van der Waals surface area contributed by atoms with Crippen molar-refractivity contribution in [2.75, 3.05) is 14.1 Å². The van der Waals surface area contributed by atoms with E-state index in [1.165, 1.54) is 19.0 Å². The number of allylic oxidation sites excluding steroid dienone is 1. The molecule has 0 unspecified atom stereocenters. The minimum atomic E-state index is -4.82. The fourth-order valence-corrected chi connectivity index (χ4v) is 5.68. The van der Waals surface area contributed by atoms with Crippen molar-refractivity contribution in [1.82, 2.24) is 4.90 Å². The Labute approximate surface area is 202 Å². The lowest BCUT2D eigenvalue weighted by Crippen LogP contribution is -2.65. The van der Waals surface area contributed by atoms with Crippen molar-refractivity contribution in [3.05, 3.63) is 52.3 Å². The summed E-state index contributed by atoms with van der Waals surface area (Å²) >= 11 is 0. The largest absolute Gasteiger partial charge is 0.508 e. The molecule has 0 spiro atoms. The summed E-state index contributed by atoms with van der Waals surface area (Å²) < 4.78 is 40.4. The van der Waals surface area contributed by atoms with Crippen molar-refractivity contribution >= 4 is 28.8 Å². The second-order valence-electron chi connectivity index (χ2n) is 9.42. The normalized spacial score (nSPS) is 28.1. The number of halogens is 3. The van der Waals surface area contributed by atoms with Crippen molar-refractivity contribution in [3.8, 4) is 5.75 Å². The van der Waals surface area contributed by atoms with Crippen LogP contribution in [-0.2, 0) is 20.8 Å². The van der Waals surface area contributed by atoms with Crippen LogP contribution >= 0.6 is 0 Å². The number of benzene rings is 1. The van der Waals surface area contributed by atoms with Crippen molar-refractivity contribution in [1.29, 1.82) is 0 Å². The number of phenolic OH excluding ortho intramolecular Hbond substituents is 1. The van der Waals surface area contributed by atoms with Crippen LogP contribution in [0.1, 0.15) is 23.1 Å². The number of amides is 1. The zero-order valence-electron chi connectivity index (χ0n) is 19.2. The molecule has 3 aliphatic rings. The van der Waals surface area contributed by atoms with E-state index in [4.69, 9.17) is 5.73 Å². The van der Waals surface area contributed by atoms with E-state index in [0.29, 0.717) is 0 Å². The average Bonchev–Trinajstić information content (AvgIpc) is 2.75. The summed E-state index contributed by atoms with van der Waals surface area (Å²) in [4.78, 5) is 40.0. The third-order valence-electron chi connectivity index (χ3n) is 7.27. The molecule has 0 heterocycles. The van der Waals surface area contributed by atoms with Gasteiger partial charge in [-0.1, -0.05) is 12.6 Å². The minimum Gasteiger partial charge on any atom is -0.508 e. The Bertz CT molecular complexity index is 1310. The topological polar surface area (TPSA) is 161 Å². The van der Waals surface area contributed by atoms with Crippen LogP contribution < -0.4 is 5.73 Å². The monoisotopic (exact) mass is 508 g/mol. The molecule has 12 heteroatoms. The number of aromatic hydroxyl groups is 1. The Balaban J connectivity index is 1.98. The van der Waals surface area contributed by atoms with Crippen LogP contribution in [0.25, 0.3) is 11.3 Å². The molecule has 3 aliphatic carbocycles. The lowest BCUT2D eigenvalue weighted by molar-refractivity contribution is -0.153. The first-order chi connectivity index (χ1) is 16.5. The number of nitrogens with zero attached hydrogens (tertiary/aromatic N) is 1. The number of primary amides is 1. The first-order valence-electron chi connectivity index (χ1n) is 10.8. The van der Waals surface area contributed by atoms with E-state index in [1.54, 1.807) is 0 Å². The summed E-state index contributed by atoms with van der Waals surface area (Å²) in [6, 6.07) is 0.622. The zero-order valence-corrected chi connectivity index (χ0v) is 19.2. The maximum absolute atomic E-state index is 13.7. The number of fused-ring (bicyclic) bond motifs is 3. The fourth-order valence-electron chi connectivity index (χ4n) is 5.68. The second kappa shape index (κ2) is 7.93. The number of aliphatic hydroxyl groups excluding tert-OH is 2. The van der Waals surface area contributed by atoms with Crippen LogP contribution in [0.3, 0.4) is 0 Å². The highest BCUT2D eigenvalue weighted by atomic mass is 19.4. The molecular formula is C24H23F3N2O7. The van der Waals surface area contributed by atoms with Gasteiger partial charge in [0.05, 0.1) is 17.2 Å². The molecule has 0 aliphatic heterocycles. The number of hydrogen-bond donors (Lipinski definition) is 5. The number of carbonyl (C=O) groups excluding carboxylic acids is 3. The van der Waals surface area contributed by atoms with E-state index in [-0.39, 0.29) is 18.4 Å². The number of phenols is 1. The van der Waals surface area contributed by atoms with Crippen molar-refractivity contribution in [2.45, 2.75) is 30.7 Å². The zero-order chi connectivity index (χ0) is 27.1. The van der Waals surface area contributed by atoms with Gasteiger partial charge in [0.15, 0.2) is 11.4 Å². The summed E-state index contributed by atoms with van der Waals surface area (Å²) in [6.45, 7) is 3.09. The first-order valence-corrected chi connectivity index (χ1v) is 10.8. The number of Topliss-reactive ketones (excluding diaryl/α,β-unsaturated/α-hetero) is 2. The van der Waals surface area contributed by atoms with E-state index in [9.17, 15) is 48.0 Å². The number of likely N-dealkylation sites (N-methyl/N-ethyl adjacent to an activating group) is 1. The van der Waals surface area contributed by atoms with Crippen molar-refractivity contribution < 1.29 is 48.0 Å². The number of hydrogen-bond acceptors (Lipinski definition) is 8. The molecule has 1 fully saturated rings. The standard InChI is InChI=1S/C24H23F3N2O7/c1-8(24(25,26)27)10-4-5-13(30)15-11(10)6-9-7-12-17(29(2)3)19(32)16(22(28)35)21(34)23(12,36)20(33)14(9)18(15)31/h4-5,9,12,17,30-31,34,36H,1,6-7H2,2-3H3,(H2,28,35)/t9-,12-,17-,23-/m0/s1. The van der Waals surface area contributed by atoms with E-state index in [0.717, 1.165) is 12.1 Å². The van der Waals surface area contributed by atoms with Gasteiger partial charge in [0.25, 0.3) is 5.91 Å². The lowest BCUT2D eigenvalue weighted by atomic mass is 9.57. The van der Waals surface area contributed by atoms with Crippen LogP contribution in [0.15, 0.2) is 35.6 Å². The SMILES string of the molecule is C=C(c1ccc(O)c2c1C[C@H]1C[C@H]3[C@H](N(C)C)C(=O)C(C(N)=O)=C(O)[C@@]3(O)C(=O)C1=C2O)C(F)(F)F. The molecule has 192 valence electrons. The number of aliphatic hydroxyl groups is 3. The van der Waals surface area contributed by atoms with Gasteiger partial charge < -0.3 is 26.2 Å². The average molecular weight is 508 g/mol. The predicted octanol–water partition coefficient (Wildman–Crippen LogP) is 1.54. The molecule has 1 aromatic carbocycles. The van der Waals surface area contributed by atoms with E-state index < -0.39 is 92.2 Å². The minimum absolute atomic E-state index is 0.108. The van der Waals surface area contributed by atoms with Crippen LogP contribution in [0.4, 0.5) is 13.2 Å². The molecule has 0 bridgehead atoms. The molecule has 1 aromatic rings. The quantitative estimate of drug-likeness (QED) is 0.384. The number of rotatable bonds is 3. The predicted molar refractivity (Wildman–Crippen MR) is 119 cm³/mol. The van der Waals surface area contributed by atoms with Gasteiger partial charge in [-0.15, -0.1) is 0 Å². The van der Waals surface area contributed by atoms with Crippen LogP contribution in [0.2, 0.25) is 0 Å². The summed E-state index contributed by atoms with van der Waals surface area (Å²) in [5.74, 6) is -8.60. The molecule has 1 amide bonds. The number of nitrogens with two attached hydrogens (primary N) is 1. The van der Waals surface area contributed by atoms with Gasteiger partial charge in [-0.05, 0) is 50.0 Å². The molecule has 4 atom stereocenters. The van der Waals surface area contributed by atoms with Crippen LogP contribution in [-0.4, -0.2) is 74.7 Å². The summed E-state index contributed by atoms with van der Waals surface area (Å²) in [5, 5.41) is 43.6. The highest BCUT2D eigenvalue weighted by Gasteiger charge is 2.64. The Morgan fingerprint density at radius 2 is 1.81 bits per heavy atom. The summed E-state index contributed by atoms with van der Waals surface area (Å²) in [5.41, 5.74) is -1.15. The molecule has 0 radical (unpaired) electrons. The van der Waals surface area contributed by atoms with E-state index in [1.807, 2.05) is 0 Å². The molecule has 1 saturated carbocycles. The molecule has 6 N–H and O–H groups in total. The van der Waals surface area contributed by atoms with E-state index >= 15 is 0 Å². The molecule has 0 aromatic heterocycles. The second-order valence-corrected chi connectivity index (χ2v) is 9.42. The molecule has 9 nitrogen and oxygen atoms in total. The Morgan fingerprint density at radius 3 is 2.33 bits per heavy atom. The highest BCUT2D eigenvalue weighted by molar-refractivity contribution is 6.24. The smallest absolute Gasteiger partial charge is 0.416 e. The van der Waals surface area contributed by atoms with E-state index in [2.05, 4.69) is 6.58 Å². The fraction of sp³-hybridized carbons (Fsp3) is 0.375. The van der Waals surface area contributed by atoms with Crippen molar-refractivity contribution in [2.24, 2.45) is 17.6 Å². The van der Waals surface area contributed by atoms with Gasteiger partial charge in [-0.25, -0.2) is 0 Å². The molecule has 4 rings (SSSR count). The Hall–Kier alpha value is -3.64. The van der Waals surface area contributed by atoms with Gasteiger partial charge >= 0.3 is 6.18 Å². The Kier molecular flexibility index (Phi) is 5.61. The lowest BCUT2D eigenvalue weighted by Gasteiger charge is -2.50. The number of ketones is 2. The van der Waals surface area contributed by atoms with Gasteiger partial charge in [0.1, 0.15) is 22.8 Å². The Morgan fingerprint density at radius 1 is 1.19 bits per heavy atom. The third kappa shape index (κ3) is 3.28.